The van der Waals surface area contributed by atoms with Gasteiger partial charge in [-0.25, -0.2) is 0 Å². The highest BCUT2D eigenvalue weighted by molar-refractivity contribution is 4.96. The Bertz CT molecular complexity index is 209. The normalized spacial score (nSPS) is 22.9. The lowest BCUT2D eigenvalue weighted by Gasteiger charge is -2.36. The number of hydrogen-bond donors (Lipinski definition) is 1. The third-order valence-electron chi connectivity index (χ3n) is 4.09. The second-order valence-corrected chi connectivity index (χ2v) is 6.28. The number of nitrogens with two attached hydrogens (primary N) is 1. The van der Waals surface area contributed by atoms with Crippen LogP contribution in [0.4, 0.5) is 0 Å². The molecule has 0 aliphatic heterocycles. The summed E-state index contributed by atoms with van der Waals surface area (Å²) in [4.78, 5) is 0. The molecule has 0 radical (unpaired) electrons. The topological polar surface area (TPSA) is 35.2 Å². The van der Waals surface area contributed by atoms with Gasteiger partial charge in [0, 0.05) is 12.6 Å². The Hall–Kier alpha value is -0.0800. The molecule has 2 nitrogen and oxygen atoms in total. The Morgan fingerprint density at radius 1 is 1.12 bits per heavy atom. The van der Waals surface area contributed by atoms with Crippen molar-refractivity contribution >= 4 is 0 Å². The molecule has 2 heteroatoms. The van der Waals surface area contributed by atoms with Gasteiger partial charge in [-0.2, -0.15) is 0 Å². The Labute approximate surface area is 107 Å². The van der Waals surface area contributed by atoms with Crippen LogP contribution in [0.2, 0.25) is 0 Å². The highest BCUT2D eigenvalue weighted by Crippen LogP contribution is 2.37. The number of hydrogen-bond acceptors (Lipinski definition) is 2. The molecule has 0 spiro atoms. The van der Waals surface area contributed by atoms with Crippen LogP contribution in [0.3, 0.4) is 0 Å². The Kier molecular flexibility index (Phi) is 5.94. The van der Waals surface area contributed by atoms with Crippen LogP contribution in [0.25, 0.3) is 0 Å². The van der Waals surface area contributed by atoms with Crippen molar-refractivity contribution in [1.82, 2.24) is 0 Å². The second kappa shape index (κ2) is 6.75. The van der Waals surface area contributed by atoms with E-state index in [-0.39, 0.29) is 11.6 Å². The zero-order valence-electron chi connectivity index (χ0n) is 12.2. The Morgan fingerprint density at radius 2 is 1.71 bits per heavy atom. The highest BCUT2D eigenvalue weighted by Gasteiger charge is 2.40. The molecule has 102 valence electrons. The van der Waals surface area contributed by atoms with Gasteiger partial charge < -0.3 is 10.5 Å². The lowest BCUT2D eigenvalue weighted by molar-refractivity contribution is -0.0572. The van der Waals surface area contributed by atoms with Gasteiger partial charge in [0.05, 0.1) is 5.60 Å². The van der Waals surface area contributed by atoms with E-state index in [1.165, 1.54) is 19.3 Å². The van der Waals surface area contributed by atoms with E-state index in [9.17, 15) is 0 Å². The maximum atomic E-state index is 6.45. The minimum Gasteiger partial charge on any atom is -0.374 e. The van der Waals surface area contributed by atoms with Crippen LogP contribution >= 0.6 is 0 Å². The quantitative estimate of drug-likeness (QED) is 0.737. The molecule has 0 amide bonds. The first-order valence-corrected chi connectivity index (χ1v) is 7.39. The van der Waals surface area contributed by atoms with Gasteiger partial charge >= 0.3 is 0 Å². The number of rotatable bonds is 7. The van der Waals surface area contributed by atoms with Crippen LogP contribution in [0.5, 0.6) is 0 Å². The molecule has 2 N–H and O–H groups in total. The summed E-state index contributed by atoms with van der Waals surface area (Å²) in [5.74, 6) is 1.48. The molecular formula is C15H31NO. The van der Waals surface area contributed by atoms with Crippen LogP contribution in [0, 0.1) is 11.8 Å². The van der Waals surface area contributed by atoms with E-state index in [1.807, 2.05) is 0 Å². The molecule has 17 heavy (non-hydrogen) atoms. The zero-order chi connectivity index (χ0) is 12.9. The van der Waals surface area contributed by atoms with E-state index in [2.05, 4.69) is 27.7 Å². The predicted molar refractivity (Wildman–Crippen MR) is 74.0 cm³/mol. The fourth-order valence-corrected chi connectivity index (χ4v) is 3.43. The molecule has 0 aromatic rings. The summed E-state index contributed by atoms with van der Waals surface area (Å²) in [5, 5.41) is 0. The zero-order valence-corrected chi connectivity index (χ0v) is 12.2. The lowest BCUT2D eigenvalue weighted by atomic mass is 9.84. The molecule has 0 saturated heterocycles. The van der Waals surface area contributed by atoms with E-state index in [4.69, 9.17) is 10.5 Å². The van der Waals surface area contributed by atoms with Crippen molar-refractivity contribution < 1.29 is 4.74 Å². The number of ether oxygens (including phenoxy) is 1. The van der Waals surface area contributed by atoms with Gasteiger partial charge in [0.1, 0.15) is 0 Å². The molecule has 1 aliphatic carbocycles. The van der Waals surface area contributed by atoms with Gasteiger partial charge in [0.2, 0.25) is 0 Å². The summed E-state index contributed by atoms with van der Waals surface area (Å²) in [5.41, 5.74) is 6.45. The first-order valence-electron chi connectivity index (χ1n) is 7.39. The Balaban J connectivity index is 2.50. The molecule has 2 atom stereocenters. The SMILES string of the molecule is CCOC1(C(N)CC(C)CC(C)C)CCCC1. The summed E-state index contributed by atoms with van der Waals surface area (Å²) in [6, 6.07) is 0.221. The fourth-order valence-electron chi connectivity index (χ4n) is 3.43. The molecule has 1 aliphatic rings. The van der Waals surface area contributed by atoms with Crippen molar-refractivity contribution in [2.75, 3.05) is 6.61 Å². The minimum atomic E-state index is -0.0000104. The van der Waals surface area contributed by atoms with Crippen molar-refractivity contribution in [2.45, 2.75) is 77.9 Å². The minimum absolute atomic E-state index is 0.0000104. The van der Waals surface area contributed by atoms with Crippen molar-refractivity contribution in [3.8, 4) is 0 Å². The fraction of sp³-hybridized carbons (Fsp3) is 1.00. The molecule has 0 bridgehead atoms. The summed E-state index contributed by atoms with van der Waals surface area (Å²) in [6.45, 7) is 9.79. The third-order valence-corrected chi connectivity index (χ3v) is 4.09. The molecule has 1 fully saturated rings. The molecule has 0 aromatic heterocycles. The van der Waals surface area contributed by atoms with Crippen LogP contribution in [0.15, 0.2) is 0 Å². The summed E-state index contributed by atoms with van der Waals surface area (Å²) in [7, 11) is 0. The van der Waals surface area contributed by atoms with E-state index >= 15 is 0 Å². The maximum absolute atomic E-state index is 6.45. The monoisotopic (exact) mass is 241 g/mol. The van der Waals surface area contributed by atoms with E-state index in [1.54, 1.807) is 0 Å². The van der Waals surface area contributed by atoms with E-state index in [0.717, 1.165) is 31.8 Å². The molecule has 2 unspecified atom stereocenters. The van der Waals surface area contributed by atoms with Gasteiger partial charge in [-0.1, -0.05) is 33.6 Å². The van der Waals surface area contributed by atoms with E-state index < -0.39 is 0 Å². The maximum Gasteiger partial charge on any atom is 0.0832 e. The second-order valence-electron chi connectivity index (χ2n) is 6.28. The smallest absolute Gasteiger partial charge is 0.0832 e. The molecule has 1 saturated carbocycles. The molecular weight excluding hydrogens is 210 g/mol. The van der Waals surface area contributed by atoms with Crippen LogP contribution in [-0.4, -0.2) is 18.2 Å². The van der Waals surface area contributed by atoms with Gasteiger partial charge in [-0.05, 0) is 44.4 Å². The molecule has 0 aromatic carbocycles. The largest absolute Gasteiger partial charge is 0.374 e. The first kappa shape index (κ1) is 15.0. The van der Waals surface area contributed by atoms with Crippen LogP contribution in [-0.2, 0) is 4.74 Å². The third kappa shape index (κ3) is 4.26. The predicted octanol–water partition coefficient (Wildman–Crippen LogP) is 3.74. The van der Waals surface area contributed by atoms with Crippen LogP contribution in [0.1, 0.15) is 66.2 Å². The molecule has 0 heterocycles. The standard InChI is InChI=1S/C15H31NO/c1-5-17-15(8-6-7-9-15)14(16)11-13(4)10-12(2)3/h12-14H,5-11,16H2,1-4H3. The summed E-state index contributed by atoms with van der Waals surface area (Å²) >= 11 is 0. The average molecular weight is 241 g/mol. The Morgan fingerprint density at radius 3 is 2.18 bits per heavy atom. The average Bonchev–Trinajstić information content (AvgIpc) is 2.66. The van der Waals surface area contributed by atoms with Crippen molar-refractivity contribution in [3.05, 3.63) is 0 Å². The summed E-state index contributed by atoms with van der Waals surface area (Å²) < 4.78 is 6.03. The van der Waals surface area contributed by atoms with Crippen molar-refractivity contribution in [2.24, 2.45) is 17.6 Å². The van der Waals surface area contributed by atoms with E-state index in [0.29, 0.717) is 5.92 Å². The van der Waals surface area contributed by atoms with Crippen molar-refractivity contribution in [3.63, 3.8) is 0 Å². The van der Waals surface area contributed by atoms with Gasteiger partial charge in [-0.15, -0.1) is 0 Å². The molecule has 1 rings (SSSR count). The highest BCUT2D eigenvalue weighted by atomic mass is 16.5. The van der Waals surface area contributed by atoms with Gasteiger partial charge in [0.25, 0.3) is 0 Å². The van der Waals surface area contributed by atoms with Crippen molar-refractivity contribution in [1.29, 1.82) is 0 Å². The van der Waals surface area contributed by atoms with Crippen LogP contribution < -0.4 is 5.73 Å². The summed E-state index contributed by atoms with van der Waals surface area (Å²) in [6.07, 6.45) is 7.28. The van der Waals surface area contributed by atoms with Gasteiger partial charge in [-0.3, -0.25) is 0 Å². The van der Waals surface area contributed by atoms with Gasteiger partial charge in [0.15, 0.2) is 0 Å². The lowest BCUT2D eigenvalue weighted by Crippen LogP contribution is -2.49. The first-order chi connectivity index (χ1) is 8.00.